The highest BCUT2D eigenvalue weighted by Gasteiger charge is 2.33. The summed E-state index contributed by atoms with van der Waals surface area (Å²) in [4.78, 5) is 25.1. The monoisotopic (exact) mass is 404 g/mol. The van der Waals surface area contributed by atoms with E-state index in [2.05, 4.69) is 0 Å². The third-order valence-corrected chi connectivity index (χ3v) is 4.91. The Morgan fingerprint density at radius 2 is 2.04 bits per heavy atom. The molecule has 1 amide bonds. The molecule has 1 heterocycles. The molecule has 132 valence electrons. The van der Waals surface area contributed by atoms with Crippen LogP contribution in [0.5, 0.6) is 5.75 Å². The largest absolute Gasteiger partial charge is 0.546 e. The first-order chi connectivity index (χ1) is 12.4. The SMILES string of the molecule is O=C([O-])COc1cccc(/C=C2\SC(=S)N(c3cccc(Cl)c3)C2=O)c1. The first-order valence-corrected chi connectivity index (χ1v) is 9.00. The lowest BCUT2D eigenvalue weighted by Gasteiger charge is -2.14. The second-order valence-corrected chi connectivity index (χ2v) is 7.34. The standard InChI is InChI=1S/C18H12ClNO4S2/c19-12-4-2-5-13(9-12)20-17(23)15(26-18(20)25)8-11-3-1-6-14(7-11)24-10-16(21)22/h1-9H,10H2,(H,21,22)/p-1/b15-8-. The summed E-state index contributed by atoms with van der Waals surface area (Å²) in [6.45, 7) is -0.541. The number of halogens is 1. The van der Waals surface area contributed by atoms with E-state index in [0.717, 1.165) is 0 Å². The Bertz CT molecular complexity index is 929. The van der Waals surface area contributed by atoms with Crippen LogP contribution in [0.4, 0.5) is 5.69 Å². The van der Waals surface area contributed by atoms with E-state index in [4.69, 9.17) is 28.6 Å². The quantitative estimate of drug-likeness (QED) is 0.563. The van der Waals surface area contributed by atoms with Crippen molar-refractivity contribution in [2.45, 2.75) is 0 Å². The van der Waals surface area contributed by atoms with Crippen LogP contribution in [0.1, 0.15) is 5.56 Å². The second-order valence-electron chi connectivity index (χ2n) is 5.23. The van der Waals surface area contributed by atoms with Crippen molar-refractivity contribution in [2.75, 3.05) is 11.5 Å². The molecule has 8 heteroatoms. The summed E-state index contributed by atoms with van der Waals surface area (Å²) in [7, 11) is 0. The average molecular weight is 405 g/mol. The predicted octanol–water partition coefficient (Wildman–Crippen LogP) is 2.87. The van der Waals surface area contributed by atoms with Crippen LogP contribution in [0, 0.1) is 0 Å². The van der Waals surface area contributed by atoms with Gasteiger partial charge in [-0.1, -0.05) is 53.8 Å². The van der Waals surface area contributed by atoms with Gasteiger partial charge in [0, 0.05) is 5.02 Å². The van der Waals surface area contributed by atoms with E-state index in [-0.39, 0.29) is 5.91 Å². The fourth-order valence-corrected chi connectivity index (χ4v) is 3.78. The van der Waals surface area contributed by atoms with Gasteiger partial charge in [-0.15, -0.1) is 0 Å². The van der Waals surface area contributed by atoms with E-state index < -0.39 is 12.6 Å². The van der Waals surface area contributed by atoms with Crippen LogP contribution in [0.15, 0.2) is 53.4 Å². The summed E-state index contributed by atoms with van der Waals surface area (Å²) < 4.78 is 5.50. The number of amides is 1. The Morgan fingerprint density at radius 1 is 1.27 bits per heavy atom. The fraction of sp³-hybridized carbons (Fsp3) is 0.0556. The first-order valence-electron chi connectivity index (χ1n) is 7.40. The number of carbonyl (C=O) groups is 2. The Labute approximate surface area is 164 Å². The molecule has 0 unspecified atom stereocenters. The van der Waals surface area contributed by atoms with Gasteiger partial charge in [-0.3, -0.25) is 9.69 Å². The van der Waals surface area contributed by atoms with Crippen LogP contribution >= 0.6 is 35.6 Å². The van der Waals surface area contributed by atoms with E-state index in [1.54, 1.807) is 54.6 Å². The molecule has 2 aromatic rings. The maximum absolute atomic E-state index is 12.7. The molecule has 0 atom stereocenters. The van der Waals surface area contributed by atoms with Crippen LogP contribution in [0.2, 0.25) is 5.02 Å². The van der Waals surface area contributed by atoms with E-state index >= 15 is 0 Å². The van der Waals surface area contributed by atoms with Crippen molar-refractivity contribution >= 4 is 63.5 Å². The minimum Gasteiger partial charge on any atom is -0.546 e. The van der Waals surface area contributed by atoms with Crippen molar-refractivity contribution in [2.24, 2.45) is 0 Å². The minimum atomic E-state index is -1.31. The van der Waals surface area contributed by atoms with Crippen molar-refractivity contribution in [1.29, 1.82) is 0 Å². The van der Waals surface area contributed by atoms with Crippen LogP contribution in [0.3, 0.4) is 0 Å². The first kappa shape index (κ1) is 18.4. The summed E-state index contributed by atoms with van der Waals surface area (Å²) in [5.74, 6) is -1.19. The number of carboxylic acids is 1. The normalized spacial score (nSPS) is 15.6. The van der Waals surface area contributed by atoms with E-state index in [1.807, 2.05) is 0 Å². The van der Waals surface area contributed by atoms with Crippen molar-refractivity contribution in [3.8, 4) is 5.75 Å². The third kappa shape index (κ3) is 4.24. The average Bonchev–Trinajstić information content (AvgIpc) is 2.87. The molecule has 2 aromatic carbocycles. The number of thioether (sulfide) groups is 1. The zero-order chi connectivity index (χ0) is 18.7. The number of ether oxygens (including phenoxy) is 1. The molecule has 0 aromatic heterocycles. The predicted molar refractivity (Wildman–Crippen MR) is 104 cm³/mol. The number of nitrogens with zero attached hydrogens (tertiary/aromatic N) is 1. The van der Waals surface area contributed by atoms with E-state index in [0.29, 0.717) is 31.2 Å². The van der Waals surface area contributed by atoms with Gasteiger partial charge >= 0.3 is 0 Å². The number of aliphatic carboxylic acids is 1. The molecule has 1 aliphatic rings. The maximum atomic E-state index is 12.7. The Balaban J connectivity index is 1.84. The molecule has 0 N–H and O–H groups in total. The third-order valence-electron chi connectivity index (χ3n) is 3.37. The number of carbonyl (C=O) groups excluding carboxylic acids is 2. The Morgan fingerprint density at radius 3 is 2.77 bits per heavy atom. The molecular formula is C18H11ClNO4S2-. The lowest BCUT2D eigenvalue weighted by molar-refractivity contribution is -0.307. The van der Waals surface area contributed by atoms with Crippen molar-refractivity contribution in [3.63, 3.8) is 0 Å². The smallest absolute Gasteiger partial charge is 0.270 e. The summed E-state index contributed by atoms with van der Waals surface area (Å²) >= 11 is 12.5. The molecule has 1 fully saturated rings. The molecule has 1 saturated heterocycles. The highest BCUT2D eigenvalue weighted by Crippen LogP contribution is 2.36. The van der Waals surface area contributed by atoms with Crippen LogP contribution in [0.25, 0.3) is 6.08 Å². The number of hydrogen-bond donors (Lipinski definition) is 0. The maximum Gasteiger partial charge on any atom is 0.270 e. The minimum absolute atomic E-state index is 0.247. The molecule has 0 aliphatic carbocycles. The van der Waals surface area contributed by atoms with Crippen LogP contribution in [-0.4, -0.2) is 22.8 Å². The molecular weight excluding hydrogens is 394 g/mol. The molecule has 0 spiro atoms. The van der Waals surface area contributed by atoms with Gasteiger partial charge in [0.05, 0.1) is 16.6 Å². The van der Waals surface area contributed by atoms with Gasteiger partial charge in [-0.25, -0.2) is 0 Å². The number of benzene rings is 2. The van der Waals surface area contributed by atoms with Gasteiger partial charge in [0.15, 0.2) is 4.32 Å². The molecule has 1 aliphatic heterocycles. The molecule has 26 heavy (non-hydrogen) atoms. The summed E-state index contributed by atoms with van der Waals surface area (Å²) in [5, 5.41) is 11.0. The number of hydrogen-bond acceptors (Lipinski definition) is 6. The van der Waals surface area contributed by atoms with Crippen molar-refractivity contribution in [1.82, 2.24) is 0 Å². The topological polar surface area (TPSA) is 69.7 Å². The van der Waals surface area contributed by atoms with Crippen LogP contribution < -0.4 is 14.7 Å². The lowest BCUT2D eigenvalue weighted by Crippen LogP contribution is -2.28. The summed E-state index contributed by atoms with van der Waals surface area (Å²) in [6.07, 6.45) is 1.68. The zero-order valence-corrected chi connectivity index (χ0v) is 15.6. The van der Waals surface area contributed by atoms with Gasteiger partial charge < -0.3 is 14.6 Å². The van der Waals surface area contributed by atoms with Crippen molar-refractivity contribution in [3.05, 3.63) is 64.0 Å². The molecule has 3 rings (SSSR count). The van der Waals surface area contributed by atoms with Crippen LogP contribution in [-0.2, 0) is 9.59 Å². The number of carboxylic acid groups (broad SMARTS) is 1. The number of rotatable bonds is 5. The second kappa shape index (κ2) is 7.90. The van der Waals surface area contributed by atoms with Gasteiger partial charge in [0.1, 0.15) is 12.4 Å². The molecule has 0 radical (unpaired) electrons. The highest BCUT2D eigenvalue weighted by atomic mass is 35.5. The summed E-state index contributed by atoms with van der Waals surface area (Å²) in [6, 6.07) is 13.6. The molecule has 0 bridgehead atoms. The van der Waals surface area contributed by atoms with Gasteiger partial charge in [0.25, 0.3) is 5.91 Å². The lowest BCUT2D eigenvalue weighted by atomic mass is 10.2. The molecule has 5 nitrogen and oxygen atoms in total. The zero-order valence-electron chi connectivity index (χ0n) is 13.2. The fourth-order valence-electron chi connectivity index (χ4n) is 2.29. The number of thiocarbonyl (C=S) groups is 1. The van der Waals surface area contributed by atoms with Gasteiger partial charge in [0.2, 0.25) is 0 Å². The van der Waals surface area contributed by atoms with Crippen molar-refractivity contribution < 1.29 is 19.4 Å². The highest BCUT2D eigenvalue weighted by molar-refractivity contribution is 8.27. The number of anilines is 1. The van der Waals surface area contributed by atoms with Gasteiger partial charge in [-0.2, -0.15) is 0 Å². The summed E-state index contributed by atoms with van der Waals surface area (Å²) in [5.41, 5.74) is 1.29. The van der Waals surface area contributed by atoms with Gasteiger partial charge in [-0.05, 0) is 42.0 Å². The molecule has 0 saturated carbocycles. The van der Waals surface area contributed by atoms with E-state index in [1.165, 1.54) is 16.7 Å². The Hall–Kier alpha value is -2.35. The van der Waals surface area contributed by atoms with E-state index in [9.17, 15) is 14.7 Å². The Kier molecular flexibility index (Phi) is 5.61.